The minimum Gasteiger partial charge on any atom is -0.388 e. The molecule has 0 saturated carbocycles. The van der Waals surface area contributed by atoms with Crippen LogP contribution in [0, 0.1) is 5.82 Å². The van der Waals surface area contributed by atoms with Crippen LogP contribution in [0.3, 0.4) is 0 Å². The van der Waals surface area contributed by atoms with Gasteiger partial charge < -0.3 is 15.7 Å². The molecule has 1 aromatic carbocycles. The number of amides is 2. The topological polar surface area (TPSA) is 61.4 Å². The van der Waals surface area contributed by atoms with Crippen molar-refractivity contribution in [3.05, 3.63) is 35.6 Å². The third-order valence-electron chi connectivity index (χ3n) is 2.38. The zero-order valence-corrected chi connectivity index (χ0v) is 10.6. The van der Waals surface area contributed by atoms with E-state index >= 15 is 0 Å². The fourth-order valence-electron chi connectivity index (χ4n) is 1.49. The van der Waals surface area contributed by atoms with Crippen LogP contribution in [0.1, 0.15) is 31.9 Å². The van der Waals surface area contributed by atoms with Crippen LogP contribution in [0.15, 0.2) is 24.3 Å². The molecule has 0 bridgehead atoms. The van der Waals surface area contributed by atoms with Gasteiger partial charge in [-0.2, -0.15) is 0 Å². The highest BCUT2D eigenvalue weighted by Crippen LogP contribution is 2.15. The number of urea groups is 1. The van der Waals surface area contributed by atoms with Crippen LogP contribution < -0.4 is 10.6 Å². The summed E-state index contributed by atoms with van der Waals surface area (Å²) < 4.78 is 12.7. The lowest BCUT2D eigenvalue weighted by Gasteiger charge is -2.13. The largest absolute Gasteiger partial charge is 0.388 e. The summed E-state index contributed by atoms with van der Waals surface area (Å²) in [4.78, 5) is 11.3. The molecule has 18 heavy (non-hydrogen) atoms. The normalized spacial score (nSPS) is 12.3. The van der Waals surface area contributed by atoms with Gasteiger partial charge in [-0.3, -0.25) is 0 Å². The van der Waals surface area contributed by atoms with Crippen LogP contribution in [0.4, 0.5) is 9.18 Å². The van der Waals surface area contributed by atoms with Gasteiger partial charge in [-0.15, -0.1) is 0 Å². The minimum absolute atomic E-state index is 0.0759. The standard InChI is InChI=1S/C13H19FN2O2/c1-9(2)16-13(18)15-8-7-12(17)10-3-5-11(14)6-4-10/h3-6,9,12,17H,7-8H2,1-2H3,(H2,15,16,18). The van der Waals surface area contributed by atoms with E-state index in [4.69, 9.17) is 0 Å². The number of hydrogen-bond donors (Lipinski definition) is 3. The summed E-state index contributed by atoms with van der Waals surface area (Å²) in [7, 11) is 0. The van der Waals surface area contributed by atoms with Gasteiger partial charge in [0.2, 0.25) is 0 Å². The molecule has 0 aromatic heterocycles. The van der Waals surface area contributed by atoms with Gasteiger partial charge in [0, 0.05) is 12.6 Å². The molecule has 0 aliphatic rings. The first-order valence-electron chi connectivity index (χ1n) is 5.97. The molecule has 1 rings (SSSR count). The van der Waals surface area contributed by atoms with Crippen molar-refractivity contribution in [2.75, 3.05) is 6.54 Å². The molecule has 1 aromatic rings. The molecule has 0 aliphatic heterocycles. The fourth-order valence-corrected chi connectivity index (χ4v) is 1.49. The molecule has 0 heterocycles. The van der Waals surface area contributed by atoms with Gasteiger partial charge in [-0.25, -0.2) is 9.18 Å². The van der Waals surface area contributed by atoms with Gasteiger partial charge in [0.1, 0.15) is 5.82 Å². The highest BCUT2D eigenvalue weighted by Gasteiger charge is 2.08. The summed E-state index contributed by atoms with van der Waals surface area (Å²) in [6.45, 7) is 4.09. The average Bonchev–Trinajstić information content (AvgIpc) is 2.28. The lowest BCUT2D eigenvalue weighted by molar-refractivity contribution is 0.166. The molecule has 4 nitrogen and oxygen atoms in total. The van der Waals surface area contributed by atoms with E-state index in [0.29, 0.717) is 18.5 Å². The van der Waals surface area contributed by atoms with E-state index in [2.05, 4.69) is 10.6 Å². The van der Waals surface area contributed by atoms with E-state index in [1.54, 1.807) is 0 Å². The maximum atomic E-state index is 12.7. The Labute approximate surface area is 106 Å². The van der Waals surface area contributed by atoms with Crippen LogP contribution >= 0.6 is 0 Å². The van der Waals surface area contributed by atoms with Crippen LogP contribution in [0.25, 0.3) is 0 Å². The number of rotatable bonds is 5. The Hall–Kier alpha value is -1.62. The Morgan fingerprint density at radius 2 is 1.94 bits per heavy atom. The van der Waals surface area contributed by atoms with Gasteiger partial charge >= 0.3 is 6.03 Å². The average molecular weight is 254 g/mol. The van der Waals surface area contributed by atoms with E-state index in [-0.39, 0.29) is 17.9 Å². The summed E-state index contributed by atoms with van der Waals surface area (Å²) in [6.07, 6.45) is -0.318. The lowest BCUT2D eigenvalue weighted by Crippen LogP contribution is -2.40. The molecule has 100 valence electrons. The molecule has 0 radical (unpaired) electrons. The smallest absolute Gasteiger partial charge is 0.314 e. The first-order chi connectivity index (χ1) is 8.49. The highest BCUT2D eigenvalue weighted by molar-refractivity contribution is 5.73. The quantitative estimate of drug-likeness (QED) is 0.752. The number of carbonyl (C=O) groups excluding carboxylic acids is 1. The Kier molecular flexibility index (Phi) is 5.58. The van der Waals surface area contributed by atoms with Crippen molar-refractivity contribution in [1.29, 1.82) is 0 Å². The molecule has 0 fully saturated rings. The molecule has 3 N–H and O–H groups in total. The third kappa shape index (κ3) is 5.14. The molecule has 2 amide bonds. The van der Waals surface area contributed by atoms with E-state index < -0.39 is 6.10 Å². The Morgan fingerprint density at radius 3 is 2.50 bits per heavy atom. The van der Waals surface area contributed by atoms with Gasteiger partial charge in [-0.05, 0) is 38.0 Å². The van der Waals surface area contributed by atoms with E-state index in [9.17, 15) is 14.3 Å². The van der Waals surface area contributed by atoms with Gasteiger partial charge in [-0.1, -0.05) is 12.1 Å². The van der Waals surface area contributed by atoms with E-state index in [0.717, 1.165) is 0 Å². The fraction of sp³-hybridized carbons (Fsp3) is 0.462. The molecule has 5 heteroatoms. The summed E-state index contributed by atoms with van der Waals surface area (Å²) in [5.74, 6) is -0.333. The molecule has 1 unspecified atom stereocenters. The van der Waals surface area contributed by atoms with Crippen molar-refractivity contribution in [2.45, 2.75) is 32.4 Å². The number of carbonyl (C=O) groups is 1. The predicted molar refractivity (Wildman–Crippen MR) is 67.6 cm³/mol. The Morgan fingerprint density at radius 1 is 1.33 bits per heavy atom. The monoisotopic (exact) mass is 254 g/mol. The molecule has 0 spiro atoms. The van der Waals surface area contributed by atoms with Gasteiger partial charge in [0.15, 0.2) is 0 Å². The van der Waals surface area contributed by atoms with Crippen molar-refractivity contribution in [1.82, 2.24) is 10.6 Å². The van der Waals surface area contributed by atoms with Crippen molar-refractivity contribution in [3.63, 3.8) is 0 Å². The summed E-state index contributed by atoms with van der Waals surface area (Å²) in [5, 5.41) is 15.1. The Bertz CT molecular complexity index is 379. The van der Waals surface area contributed by atoms with E-state index in [1.807, 2.05) is 13.8 Å². The van der Waals surface area contributed by atoms with Gasteiger partial charge in [0.05, 0.1) is 6.10 Å². The maximum Gasteiger partial charge on any atom is 0.314 e. The first-order valence-corrected chi connectivity index (χ1v) is 5.97. The van der Waals surface area contributed by atoms with Crippen molar-refractivity contribution in [3.8, 4) is 0 Å². The Balaban J connectivity index is 2.31. The molecular formula is C13H19FN2O2. The number of aliphatic hydroxyl groups excluding tert-OH is 1. The zero-order valence-electron chi connectivity index (χ0n) is 10.6. The zero-order chi connectivity index (χ0) is 13.5. The predicted octanol–water partition coefficient (Wildman–Crippen LogP) is 1.96. The highest BCUT2D eigenvalue weighted by atomic mass is 19.1. The van der Waals surface area contributed by atoms with Crippen LogP contribution in [0.5, 0.6) is 0 Å². The molecule has 0 saturated heterocycles. The number of benzene rings is 1. The SMILES string of the molecule is CC(C)NC(=O)NCCC(O)c1ccc(F)cc1. The number of aliphatic hydroxyl groups is 1. The van der Waals surface area contributed by atoms with E-state index in [1.165, 1.54) is 24.3 Å². The van der Waals surface area contributed by atoms with Gasteiger partial charge in [0.25, 0.3) is 0 Å². The lowest BCUT2D eigenvalue weighted by atomic mass is 10.1. The second kappa shape index (κ2) is 6.96. The van der Waals surface area contributed by atoms with Crippen molar-refractivity contribution in [2.24, 2.45) is 0 Å². The van der Waals surface area contributed by atoms with Crippen molar-refractivity contribution >= 4 is 6.03 Å². The molecule has 0 aliphatic carbocycles. The van der Waals surface area contributed by atoms with Crippen LogP contribution in [-0.4, -0.2) is 23.7 Å². The summed E-state index contributed by atoms with van der Waals surface area (Å²) >= 11 is 0. The number of nitrogens with one attached hydrogen (secondary N) is 2. The second-order valence-corrected chi connectivity index (χ2v) is 4.41. The molecule has 1 atom stereocenters. The number of hydrogen-bond acceptors (Lipinski definition) is 2. The minimum atomic E-state index is -0.704. The summed E-state index contributed by atoms with van der Waals surface area (Å²) in [6, 6.07) is 5.50. The maximum absolute atomic E-state index is 12.7. The first kappa shape index (κ1) is 14.4. The number of halogens is 1. The summed E-state index contributed by atoms with van der Waals surface area (Å²) in [5.41, 5.74) is 0.641. The van der Waals surface area contributed by atoms with Crippen LogP contribution in [0.2, 0.25) is 0 Å². The third-order valence-corrected chi connectivity index (χ3v) is 2.38. The second-order valence-electron chi connectivity index (χ2n) is 4.41. The van der Waals surface area contributed by atoms with Crippen molar-refractivity contribution < 1.29 is 14.3 Å². The molecular weight excluding hydrogens is 235 g/mol. The van der Waals surface area contributed by atoms with Crippen LogP contribution in [-0.2, 0) is 0 Å².